The number of ether oxygens (including phenoxy) is 4. The topological polar surface area (TPSA) is 69.3 Å². The average Bonchev–Trinajstić information content (AvgIpc) is 3.76. The number of nitrogens with zero attached hydrogens (tertiary/aromatic N) is 1. The second-order valence-electron chi connectivity index (χ2n) is 10.7. The molecule has 0 radical (unpaired) electrons. The van der Waals surface area contributed by atoms with Gasteiger partial charge in [-0.3, -0.25) is 4.79 Å². The molecule has 7 nitrogen and oxygen atoms in total. The van der Waals surface area contributed by atoms with E-state index >= 15 is 0 Å². The predicted molar refractivity (Wildman–Crippen MR) is 159 cm³/mol. The van der Waals surface area contributed by atoms with Crippen molar-refractivity contribution in [3.63, 3.8) is 0 Å². The maximum absolute atomic E-state index is 14.0. The van der Waals surface area contributed by atoms with E-state index in [9.17, 15) is 18.0 Å². The minimum absolute atomic E-state index is 0.0113. The van der Waals surface area contributed by atoms with Crippen LogP contribution in [0.4, 0.5) is 13.2 Å². The van der Waals surface area contributed by atoms with Crippen LogP contribution in [0, 0.1) is 0 Å². The molecule has 44 heavy (non-hydrogen) atoms. The third kappa shape index (κ3) is 6.87. The van der Waals surface area contributed by atoms with Gasteiger partial charge in [0.1, 0.15) is 24.7 Å². The zero-order valence-electron chi connectivity index (χ0n) is 23.5. The summed E-state index contributed by atoms with van der Waals surface area (Å²) in [6, 6.07) is 14.2. The SMILES string of the molecule is O=C(C1=C(c2ccc(OCCOc3ccc(C(F)(F)F)cc3Cl)cc2)CCNC1)N(Cc1cc2c(cc1Cl)OCO2)C1CC1. The second-order valence-corrected chi connectivity index (χ2v) is 11.5. The lowest BCUT2D eigenvalue weighted by Gasteiger charge is -2.28. The number of fused-ring (bicyclic) bond motifs is 1. The van der Waals surface area contributed by atoms with E-state index in [-0.39, 0.29) is 42.7 Å². The van der Waals surface area contributed by atoms with Gasteiger partial charge in [0.05, 0.1) is 10.6 Å². The summed E-state index contributed by atoms with van der Waals surface area (Å²) < 4.78 is 60.7. The van der Waals surface area contributed by atoms with Gasteiger partial charge in [0.2, 0.25) is 6.79 Å². The summed E-state index contributed by atoms with van der Waals surface area (Å²) in [7, 11) is 0. The van der Waals surface area contributed by atoms with E-state index in [2.05, 4.69) is 5.32 Å². The Hall–Kier alpha value is -3.60. The Morgan fingerprint density at radius 2 is 1.68 bits per heavy atom. The summed E-state index contributed by atoms with van der Waals surface area (Å²) in [5.74, 6) is 1.96. The Kier molecular flexibility index (Phi) is 8.84. The molecule has 3 aromatic rings. The fraction of sp³-hybridized carbons (Fsp3) is 0.344. The molecule has 2 heterocycles. The van der Waals surface area contributed by atoms with Crippen LogP contribution >= 0.6 is 23.2 Å². The van der Waals surface area contributed by atoms with Crippen molar-refractivity contribution in [2.75, 3.05) is 33.1 Å². The molecular formula is C32H29Cl2F3N2O5. The van der Waals surface area contributed by atoms with Gasteiger partial charge in [-0.05, 0) is 78.9 Å². The number of halogens is 5. The smallest absolute Gasteiger partial charge is 0.416 e. The Labute approximate surface area is 262 Å². The van der Waals surface area contributed by atoms with Crippen molar-refractivity contribution in [3.8, 4) is 23.0 Å². The molecule has 0 atom stereocenters. The number of rotatable bonds is 10. The first-order valence-electron chi connectivity index (χ1n) is 14.2. The van der Waals surface area contributed by atoms with Crippen LogP contribution in [0.1, 0.15) is 36.0 Å². The summed E-state index contributed by atoms with van der Waals surface area (Å²) >= 11 is 12.5. The molecular weight excluding hydrogens is 620 g/mol. The van der Waals surface area contributed by atoms with E-state index in [1.807, 2.05) is 35.2 Å². The third-order valence-electron chi connectivity index (χ3n) is 7.68. The van der Waals surface area contributed by atoms with E-state index < -0.39 is 11.7 Å². The summed E-state index contributed by atoms with van der Waals surface area (Å²) in [4.78, 5) is 15.9. The Morgan fingerprint density at radius 1 is 0.955 bits per heavy atom. The Bertz CT molecular complexity index is 1580. The fourth-order valence-electron chi connectivity index (χ4n) is 5.26. The summed E-state index contributed by atoms with van der Waals surface area (Å²) in [6.07, 6.45) is -1.88. The highest BCUT2D eigenvalue weighted by atomic mass is 35.5. The van der Waals surface area contributed by atoms with Crippen LogP contribution in [0.25, 0.3) is 5.57 Å². The van der Waals surface area contributed by atoms with E-state index in [1.165, 1.54) is 6.07 Å². The van der Waals surface area contributed by atoms with Crippen LogP contribution < -0.4 is 24.3 Å². The molecule has 1 N–H and O–H groups in total. The lowest BCUT2D eigenvalue weighted by Crippen LogP contribution is -2.39. The molecule has 1 aliphatic carbocycles. The normalized spacial score (nSPS) is 16.2. The summed E-state index contributed by atoms with van der Waals surface area (Å²) in [5.41, 5.74) is 2.63. The molecule has 1 saturated carbocycles. The summed E-state index contributed by atoms with van der Waals surface area (Å²) in [6.45, 7) is 2.00. The van der Waals surface area contributed by atoms with Crippen molar-refractivity contribution in [1.29, 1.82) is 0 Å². The molecule has 0 aromatic heterocycles. The Morgan fingerprint density at radius 3 is 2.39 bits per heavy atom. The first-order chi connectivity index (χ1) is 21.2. The van der Waals surface area contributed by atoms with E-state index in [4.69, 9.17) is 42.1 Å². The molecule has 1 amide bonds. The first-order valence-corrected chi connectivity index (χ1v) is 15.0. The number of hydrogen-bond acceptors (Lipinski definition) is 6. The molecule has 0 unspecified atom stereocenters. The van der Waals surface area contributed by atoms with Gasteiger partial charge in [-0.25, -0.2) is 0 Å². The monoisotopic (exact) mass is 648 g/mol. The molecule has 6 rings (SSSR count). The molecule has 232 valence electrons. The highest BCUT2D eigenvalue weighted by Gasteiger charge is 2.36. The summed E-state index contributed by atoms with van der Waals surface area (Å²) in [5, 5.41) is 3.75. The molecule has 3 aromatic carbocycles. The maximum Gasteiger partial charge on any atom is 0.416 e. The van der Waals surface area contributed by atoms with Gasteiger partial charge in [-0.2, -0.15) is 13.2 Å². The largest absolute Gasteiger partial charge is 0.490 e. The predicted octanol–water partition coefficient (Wildman–Crippen LogP) is 7.14. The van der Waals surface area contributed by atoms with Gasteiger partial charge in [0, 0.05) is 35.8 Å². The number of carbonyl (C=O) groups is 1. The van der Waals surface area contributed by atoms with Gasteiger partial charge in [0.25, 0.3) is 5.91 Å². The van der Waals surface area contributed by atoms with Crippen molar-refractivity contribution in [3.05, 3.63) is 86.9 Å². The van der Waals surface area contributed by atoms with Crippen molar-refractivity contribution in [1.82, 2.24) is 10.2 Å². The third-order valence-corrected chi connectivity index (χ3v) is 8.33. The van der Waals surface area contributed by atoms with Gasteiger partial charge in [-0.15, -0.1) is 0 Å². The molecule has 3 aliphatic rings. The lowest BCUT2D eigenvalue weighted by atomic mass is 9.93. The first kappa shape index (κ1) is 30.4. The fourth-order valence-corrected chi connectivity index (χ4v) is 5.70. The minimum Gasteiger partial charge on any atom is -0.490 e. The molecule has 12 heteroatoms. The number of nitrogens with one attached hydrogen (secondary N) is 1. The Balaban J connectivity index is 1.11. The maximum atomic E-state index is 14.0. The van der Waals surface area contributed by atoms with Crippen molar-refractivity contribution < 1.29 is 36.9 Å². The second kappa shape index (κ2) is 12.8. The van der Waals surface area contributed by atoms with Gasteiger partial charge in [0.15, 0.2) is 11.5 Å². The molecule has 0 saturated heterocycles. The zero-order chi connectivity index (χ0) is 30.8. The quantitative estimate of drug-likeness (QED) is 0.236. The standard InChI is InChI=1S/C32H29Cl2F3N2O5/c33-26-15-30-29(43-18-44-30)13-20(26)17-39(22-4-5-22)31(40)25-16-38-10-9-24(25)19-1-6-23(7-2-19)41-11-12-42-28-8-3-21(14-27(28)34)32(35,36)37/h1-3,6-8,13-15,22,38H,4-5,9-12,16-18H2. The van der Waals surface area contributed by atoms with Gasteiger partial charge >= 0.3 is 6.18 Å². The molecule has 1 fully saturated rings. The van der Waals surface area contributed by atoms with Crippen molar-refractivity contribution in [2.45, 2.75) is 38.0 Å². The van der Waals surface area contributed by atoms with Crippen LogP contribution in [0.2, 0.25) is 10.0 Å². The van der Waals surface area contributed by atoms with Crippen molar-refractivity contribution in [2.24, 2.45) is 0 Å². The highest BCUT2D eigenvalue weighted by molar-refractivity contribution is 6.32. The number of amides is 1. The van der Waals surface area contributed by atoms with E-state index in [1.54, 1.807) is 6.07 Å². The molecule has 0 bridgehead atoms. The highest BCUT2D eigenvalue weighted by Crippen LogP contribution is 2.40. The number of carbonyl (C=O) groups excluding carboxylic acids is 1. The zero-order valence-corrected chi connectivity index (χ0v) is 25.0. The van der Waals surface area contributed by atoms with Crippen molar-refractivity contribution >= 4 is 34.7 Å². The van der Waals surface area contributed by atoms with Gasteiger partial charge < -0.3 is 29.2 Å². The van der Waals surface area contributed by atoms with Crippen LogP contribution in [-0.4, -0.2) is 49.9 Å². The van der Waals surface area contributed by atoms with Gasteiger partial charge in [-0.1, -0.05) is 35.3 Å². The molecule has 2 aliphatic heterocycles. The van der Waals surface area contributed by atoms with Crippen LogP contribution in [0.3, 0.4) is 0 Å². The van der Waals surface area contributed by atoms with Crippen LogP contribution in [0.15, 0.2) is 60.2 Å². The average molecular weight is 649 g/mol. The van der Waals surface area contributed by atoms with E-state index in [0.717, 1.165) is 53.8 Å². The number of alkyl halides is 3. The number of benzene rings is 3. The lowest BCUT2D eigenvalue weighted by molar-refractivity contribution is -0.137. The minimum atomic E-state index is -4.48. The van der Waals surface area contributed by atoms with Crippen LogP contribution in [-0.2, 0) is 17.5 Å². The van der Waals surface area contributed by atoms with Crippen LogP contribution in [0.5, 0.6) is 23.0 Å². The molecule has 0 spiro atoms. The number of hydrogen-bond donors (Lipinski definition) is 1. The van der Waals surface area contributed by atoms with E-state index in [0.29, 0.717) is 41.8 Å².